The van der Waals surface area contributed by atoms with Crippen molar-refractivity contribution >= 4 is 15.7 Å². The van der Waals surface area contributed by atoms with Crippen LogP contribution in [0, 0.1) is 0 Å². The van der Waals surface area contributed by atoms with Gasteiger partial charge in [-0.3, -0.25) is 0 Å². The van der Waals surface area contributed by atoms with E-state index in [-0.39, 0.29) is 11.5 Å². The maximum absolute atomic E-state index is 11.5. The van der Waals surface area contributed by atoms with E-state index in [9.17, 15) is 8.42 Å². The third-order valence-corrected chi connectivity index (χ3v) is 5.44. The molecule has 1 aromatic heterocycles. The van der Waals surface area contributed by atoms with Crippen molar-refractivity contribution in [2.45, 2.75) is 12.8 Å². The van der Waals surface area contributed by atoms with Gasteiger partial charge in [-0.05, 0) is 24.6 Å². The number of hydrogen-bond donors (Lipinski definition) is 1. The molecule has 3 rings (SSSR count). The summed E-state index contributed by atoms with van der Waals surface area (Å²) in [5.74, 6) is 1.41. The molecule has 0 bridgehead atoms. The fourth-order valence-corrected chi connectivity index (χ4v) is 3.84. The van der Waals surface area contributed by atoms with Crippen molar-refractivity contribution in [3.63, 3.8) is 0 Å². The third kappa shape index (κ3) is 2.90. The largest absolute Gasteiger partial charge is 0.355 e. The van der Waals surface area contributed by atoms with Gasteiger partial charge in [-0.25, -0.2) is 13.4 Å². The van der Waals surface area contributed by atoms with E-state index < -0.39 is 9.84 Å². The topological polar surface area (TPSA) is 62.3 Å². The molecule has 1 aromatic rings. The fourth-order valence-electron chi connectivity index (χ4n) is 2.64. The van der Waals surface area contributed by atoms with E-state index in [4.69, 9.17) is 4.98 Å². The van der Waals surface area contributed by atoms with Crippen molar-refractivity contribution in [3.05, 3.63) is 23.4 Å². The monoisotopic (exact) mass is 281 g/mol. The van der Waals surface area contributed by atoms with Crippen LogP contribution in [0.5, 0.6) is 0 Å². The molecule has 0 aromatic carbocycles. The number of anilines is 1. The van der Waals surface area contributed by atoms with Crippen molar-refractivity contribution in [2.75, 3.05) is 42.6 Å². The average Bonchev–Trinajstić information content (AvgIpc) is 2.63. The van der Waals surface area contributed by atoms with Crippen LogP contribution in [0.4, 0.5) is 5.82 Å². The molecule has 19 heavy (non-hydrogen) atoms. The van der Waals surface area contributed by atoms with Crippen molar-refractivity contribution in [1.29, 1.82) is 0 Å². The molecule has 1 saturated heterocycles. The van der Waals surface area contributed by atoms with Crippen LogP contribution in [0.25, 0.3) is 0 Å². The highest BCUT2D eigenvalue weighted by atomic mass is 32.2. The Morgan fingerprint density at radius 3 is 2.63 bits per heavy atom. The predicted octanol–water partition coefficient (Wildman–Crippen LogP) is 0.00460. The lowest BCUT2D eigenvalue weighted by molar-refractivity contribution is 0.586. The van der Waals surface area contributed by atoms with Crippen molar-refractivity contribution in [1.82, 2.24) is 10.3 Å². The van der Waals surface area contributed by atoms with Gasteiger partial charge >= 0.3 is 0 Å². The van der Waals surface area contributed by atoms with Gasteiger partial charge in [0.2, 0.25) is 0 Å². The SMILES string of the molecule is O=S1(=O)CCN(c2ccc3c(n2)CCNCC3)CC1. The lowest BCUT2D eigenvalue weighted by Gasteiger charge is -2.28. The van der Waals surface area contributed by atoms with Gasteiger partial charge in [0.1, 0.15) is 5.82 Å². The molecule has 1 N–H and O–H groups in total. The Bertz CT molecular complexity index is 557. The molecule has 0 radical (unpaired) electrons. The zero-order chi connectivity index (χ0) is 13.3. The van der Waals surface area contributed by atoms with Gasteiger partial charge in [0.05, 0.1) is 11.5 Å². The van der Waals surface area contributed by atoms with Crippen LogP contribution in [-0.4, -0.2) is 51.1 Å². The predicted molar refractivity (Wildman–Crippen MR) is 75.4 cm³/mol. The molecule has 3 heterocycles. The number of nitrogens with zero attached hydrogens (tertiary/aromatic N) is 2. The molecule has 104 valence electrons. The Balaban J connectivity index is 1.80. The first kappa shape index (κ1) is 12.9. The normalized spacial score (nSPS) is 22.6. The van der Waals surface area contributed by atoms with Gasteiger partial charge in [-0.1, -0.05) is 6.07 Å². The first-order chi connectivity index (χ1) is 9.14. The van der Waals surface area contributed by atoms with Crippen LogP contribution >= 0.6 is 0 Å². The summed E-state index contributed by atoms with van der Waals surface area (Å²) in [4.78, 5) is 6.82. The second-order valence-corrected chi connectivity index (χ2v) is 7.47. The highest BCUT2D eigenvalue weighted by molar-refractivity contribution is 7.91. The lowest BCUT2D eigenvalue weighted by Crippen LogP contribution is -2.40. The minimum absolute atomic E-state index is 0.243. The van der Waals surface area contributed by atoms with Crippen LogP contribution in [0.3, 0.4) is 0 Å². The first-order valence-corrected chi connectivity index (χ1v) is 8.61. The summed E-state index contributed by atoms with van der Waals surface area (Å²) in [6.07, 6.45) is 1.98. The summed E-state index contributed by atoms with van der Waals surface area (Å²) in [6, 6.07) is 4.18. The number of aromatic nitrogens is 1. The number of fused-ring (bicyclic) bond motifs is 1. The molecule has 0 spiro atoms. The molecule has 0 atom stereocenters. The van der Waals surface area contributed by atoms with Gasteiger partial charge < -0.3 is 10.2 Å². The molecule has 1 fully saturated rings. The molecule has 2 aliphatic rings. The molecule has 0 amide bonds. The number of sulfone groups is 1. The molecular weight excluding hydrogens is 262 g/mol. The molecule has 2 aliphatic heterocycles. The summed E-state index contributed by atoms with van der Waals surface area (Å²) in [6.45, 7) is 3.10. The molecule has 5 nitrogen and oxygen atoms in total. The Morgan fingerprint density at radius 2 is 1.84 bits per heavy atom. The molecule has 0 unspecified atom stereocenters. The van der Waals surface area contributed by atoms with Crippen molar-refractivity contribution < 1.29 is 8.42 Å². The second kappa shape index (κ2) is 5.09. The lowest BCUT2D eigenvalue weighted by atomic mass is 10.1. The van der Waals surface area contributed by atoms with E-state index >= 15 is 0 Å². The van der Waals surface area contributed by atoms with Crippen molar-refractivity contribution in [2.24, 2.45) is 0 Å². The Kier molecular flexibility index (Phi) is 3.45. The number of rotatable bonds is 1. The van der Waals surface area contributed by atoms with E-state index in [1.54, 1.807) is 0 Å². The van der Waals surface area contributed by atoms with E-state index in [0.29, 0.717) is 13.1 Å². The zero-order valence-electron chi connectivity index (χ0n) is 10.9. The van der Waals surface area contributed by atoms with Crippen LogP contribution < -0.4 is 10.2 Å². The summed E-state index contributed by atoms with van der Waals surface area (Å²) in [5.41, 5.74) is 2.48. The zero-order valence-corrected chi connectivity index (χ0v) is 11.7. The Hall–Kier alpha value is -1.14. The van der Waals surface area contributed by atoms with E-state index in [1.165, 1.54) is 5.56 Å². The van der Waals surface area contributed by atoms with Crippen LogP contribution in [0.1, 0.15) is 11.3 Å². The standard InChI is InChI=1S/C13H19N3O2S/c17-19(18)9-7-16(8-10-19)13-2-1-11-3-5-14-6-4-12(11)15-13/h1-2,14H,3-10H2. The van der Waals surface area contributed by atoms with E-state index in [2.05, 4.69) is 16.3 Å². The highest BCUT2D eigenvalue weighted by Crippen LogP contribution is 2.19. The second-order valence-electron chi connectivity index (χ2n) is 5.16. The molecular formula is C13H19N3O2S. The van der Waals surface area contributed by atoms with E-state index in [1.807, 2.05) is 6.07 Å². The summed E-state index contributed by atoms with van der Waals surface area (Å²) in [7, 11) is -2.83. The summed E-state index contributed by atoms with van der Waals surface area (Å²) >= 11 is 0. The molecule has 0 aliphatic carbocycles. The van der Waals surface area contributed by atoms with Gasteiger partial charge in [0, 0.05) is 31.7 Å². The van der Waals surface area contributed by atoms with Gasteiger partial charge in [-0.2, -0.15) is 0 Å². The summed E-state index contributed by atoms with van der Waals surface area (Å²) in [5, 5.41) is 3.37. The average molecular weight is 281 g/mol. The number of hydrogen-bond acceptors (Lipinski definition) is 5. The number of nitrogens with one attached hydrogen (secondary N) is 1. The Labute approximate surface area is 113 Å². The fraction of sp³-hybridized carbons (Fsp3) is 0.615. The van der Waals surface area contributed by atoms with Crippen LogP contribution in [-0.2, 0) is 22.7 Å². The van der Waals surface area contributed by atoms with Gasteiger partial charge in [0.25, 0.3) is 0 Å². The Morgan fingerprint density at radius 1 is 1.11 bits per heavy atom. The maximum atomic E-state index is 11.5. The highest BCUT2D eigenvalue weighted by Gasteiger charge is 2.23. The molecule has 6 heteroatoms. The maximum Gasteiger partial charge on any atom is 0.153 e. The van der Waals surface area contributed by atoms with Crippen LogP contribution in [0.2, 0.25) is 0 Å². The van der Waals surface area contributed by atoms with E-state index in [0.717, 1.165) is 37.4 Å². The quantitative estimate of drug-likeness (QED) is 0.785. The van der Waals surface area contributed by atoms with Gasteiger partial charge in [0.15, 0.2) is 9.84 Å². The van der Waals surface area contributed by atoms with Crippen LogP contribution in [0.15, 0.2) is 12.1 Å². The van der Waals surface area contributed by atoms with Crippen molar-refractivity contribution in [3.8, 4) is 0 Å². The minimum Gasteiger partial charge on any atom is -0.355 e. The first-order valence-electron chi connectivity index (χ1n) is 6.79. The van der Waals surface area contributed by atoms with Gasteiger partial charge in [-0.15, -0.1) is 0 Å². The molecule has 0 saturated carbocycles. The number of pyridine rings is 1. The minimum atomic E-state index is -2.83. The summed E-state index contributed by atoms with van der Waals surface area (Å²) < 4.78 is 22.9. The smallest absolute Gasteiger partial charge is 0.153 e. The third-order valence-electron chi connectivity index (χ3n) is 3.83.